The summed E-state index contributed by atoms with van der Waals surface area (Å²) in [6.45, 7) is 1.70. The van der Waals surface area contributed by atoms with Gasteiger partial charge in [-0.25, -0.2) is 12.8 Å². The molecule has 0 spiro atoms. The molecule has 0 aliphatic carbocycles. The molecule has 2 aliphatic heterocycles. The molecule has 0 aromatic heterocycles. The van der Waals surface area contributed by atoms with Crippen LogP contribution >= 0.6 is 12.4 Å². The first kappa shape index (κ1) is 17.7. The Morgan fingerprint density at radius 3 is 2.41 bits per heavy atom. The second-order valence-electron chi connectivity index (χ2n) is 6.19. The first-order chi connectivity index (χ1) is 9.88. The summed E-state index contributed by atoms with van der Waals surface area (Å²) in [7, 11) is -2.03. The topological polar surface area (TPSA) is 49.4 Å². The van der Waals surface area contributed by atoms with Crippen molar-refractivity contribution in [3.63, 3.8) is 0 Å². The van der Waals surface area contributed by atoms with Crippen molar-refractivity contribution in [1.82, 2.24) is 9.62 Å². The lowest BCUT2D eigenvalue weighted by Crippen LogP contribution is -2.48. The fourth-order valence-corrected chi connectivity index (χ4v) is 5.14. The minimum absolute atomic E-state index is 0. The fourth-order valence-electron chi connectivity index (χ4n) is 3.53. The Balaban J connectivity index is 0.00000176. The number of hydrogen-bond donors (Lipinski definition) is 1. The van der Waals surface area contributed by atoms with Gasteiger partial charge < -0.3 is 5.32 Å². The van der Waals surface area contributed by atoms with E-state index >= 15 is 0 Å². The van der Waals surface area contributed by atoms with E-state index in [2.05, 4.69) is 5.32 Å². The Morgan fingerprint density at radius 1 is 1.23 bits per heavy atom. The number of rotatable bonds is 3. The van der Waals surface area contributed by atoms with Crippen molar-refractivity contribution in [3.8, 4) is 0 Å². The number of nitrogens with zero attached hydrogens (tertiary/aromatic N) is 1. The molecule has 0 saturated carbocycles. The molecule has 1 N–H and O–H groups in total. The second-order valence-corrected chi connectivity index (χ2v) is 8.16. The fraction of sp³-hybridized carbons (Fsp3) is 0.600. The van der Waals surface area contributed by atoms with Gasteiger partial charge in [0.05, 0.1) is 4.90 Å². The Kier molecular flexibility index (Phi) is 5.16. The number of sulfonamides is 1. The Bertz CT molecular complexity index is 641. The number of aryl methyl sites for hydroxylation is 1. The SMILES string of the molecule is Cc1ccc(F)cc1S(=O)(=O)N(C)C1CC2CCC(C1)N2.Cl. The van der Waals surface area contributed by atoms with E-state index in [4.69, 9.17) is 0 Å². The first-order valence-corrected chi connectivity index (χ1v) is 8.82. The van der Waals surface area contributed by atoms with E-state index in [1.165, 1.54) is 16.4 Å². The average Bonchev–Trinajstić information content (AvgIpc) is 2.79. The third-order valence-electron chi connectivity index (χ3n) is 4.77. The molecule has 2 fully saturated rings. The van der Waals surface area contributed by atoms with E-state index in [1.807, 2.05) is 0 Å². The maximum Gasteiger partial charge on any atom is 0.243 e. The summed E-state index contributed by atoms with van der Waals surface area (Å²) >= 11 is 0. The number of piperidine rings is 1. The minimum Gasteiger partial charge on any atom is -0.311 e. The van der Waals surface area contributed by atoms with Crippen molar-refractivity contribution < 1.29 is 12.8 Å². The van der Waals surface area contributed by atoms with E-state index in [0.717, 1.165) is 31.7 Å². The van der Waals surface area contributed by atoms with Gasteiger partial charge in [0.25, 0.3) is 0 Å². The molecule has 2 bridgehead atoms. The molecule has 2 saturated heterocycles. The molecule has 2 atom stereocenters. The van der Waals surface area contributed by atoms with Gasteiger partial charge in [0.1, 0.15) is 5.82 Å². The molecule has 22 heavy (non-hydrogen) atoms. The largest absolute Gasteiger partial charge is 0.311 e. The molecular formula is C15H22ClFN2O2S. The molecule has 2 heterocycles. The van der Waals surface area contributed by atoms with Crippen molar-refractivity contribution in [2.24, 2.45) is 0 Å². The number of nitrogens with one attached hydrogen (secondary N) is 1. The minimum atomic E-state index is -3.65. The molecule has 4 nitrogen and oxygen atoms in total. The summed E-state index contributed by atoms with van der Waals surface area (Å²) in [5.74, 6) is -0.516. The summed E-state index contributed by atoms with van der Waals surface area (Å²) in [5.41, 5.74) is 0.583. The average molecular weight is 349 g/mol. The van der Waals surface area contributed by atoms with Crippen molar-refractivity contribution in [2.75, 3.05) is 7.05 Å². The Hall–Kier alpha value is -0.690. The van der Waals surface area contributed by atoms with Crippen LogP contribution in [0.5, 0.6) is 0 Å². The molecular weight excluding hydrogens is 327 g/mol. The van der Waals surface area contributed by atoms with E-state index in [9.17, 15) is 12.8 Å². The summed E-state index contributed by atoms with van der Waals surface area (Å²) < 4.78 is 40.4. The number of fused-ring (bicyclic) bond motifs is 2. The lowest BCUT2D eigenvalue weighted by atomic mass is 10.0. The van der Waals surface area contributed by atoms with E-state index in [1.54, 1.807) is 14.0 Å². The zero-order chi connectivity index (χ0) is 15.2. The highest BCUT2D eigenvalue weighted by molar-refractivity contribution is 7.89. The summed E-state index contributed by atoms with van der Waals surface area (Å²) in [6, 6.07) is 4.76. The number of hydrogen-bond acceptors (Lipinski definition) is 3. The monoisotopic (exact) mass is 348 g/mol. The molecule has 2 unspecified atom stereocenters. The van der Waals surface area contributed by atoms with Crippen LogP contribution in [-0.4, -0.2) is 37.9 Å². The molecule has 0 amide bonds. The first-order valence-electron chi connectivity index (χ1n) is 7.38. The molecule has 2 aliphatic rings. The van der Waals surface area contributed by atoms with Gasteiger partial charge in [-0.15, -0.1) is 12.4 Å². The van der Waals surface area contributed by atoms with Crippen molar-refractivity contribution in [2.45, 2.75) is 55.6 Å². The van der Waals surface area contributed by atoms with Gasteiger partial charge in [-0.05, 0) is 50.3 Å². The molecule has 3 rings (SSSR count). The Labute approximate surface area is 137 Å². The standard InChI is InChI=1S/C15H21FN2O2S.ClH/c1-10-3-4-11(16)7-15(10)21(19,20)18(2)14-8-12-5-6-13(9-14)17-12;/h3-4,7,12-14,17H,5-6,8-9H2,1-2H3;1H. The van der Waals surface area contributed by atoms with Gasteiger partial charge in [0, 0.05) is 25.2 Å². The van der Waals surface area contributed by atoms with Gasteiger partial charge >= 0.3 is 0 Å². The molecule has 1 aromatic rings. The van der Waals surface area contributed by atoms with Gasteiger partial charge in [-0.3, -0.25) is 0 Å². The van der Waals surface area contributed by atoms with Crippen LogP contribution in [0.2, 0.25) is 0 Å². The smallest absolute Gasteiger partial charge is 0.243 e. The second kappa shape index (κ2) is 6.43. The van der Waals surface area contributed by atoms with Crippen molar-refractivity contribution in [3.05, 3.63) is 29.6 Å². The predicted molar refractivity (Wildman–Crippen MR) is 86.3 cm³/mol. The summed E-state index contributed by atoms with van der Waals surface area (Å²) in [6.07, 6.45) is 3.91. The van der Waals surface area contributed by atoms with Crippen LogP contribution in [0.25, 0.3) is 0 Å². The van der Waals surface area contributed by atoms with Gasteiger partial charge in [-0.2, -0.15) is 4.31 Å². The lowest BCUT2D eigenvalue weighted by Gasteiger charge is -2.35. The van der Waals surface area contributed by atoms with E-state index < -0.39 is 15.8 Å². The van der Waals surface area contributed by atoms with Gasteiger partial charge in [0.15, 0.2) is 0 Å². The van der Waals surface area contributed by atoms with Gasteiger partial charge in [0.2, 0.25) is 10.0 Å². The van der Waals surface area contributed by atoms with Crippen LogP contribution < -0.4 is 5.32 Å². The zero-order valence-corrected chi connectivity index (χ0v) is 14.4. The highest BCUT2D eigenvalue weighted by atomic mass is 35.5. The van der Waals surface area contributed by atoms with Crippen molar-refractivity contribution in [1.29, 1.82) is 0 Å². The number of benzene rings is 1. The Morgan fingerprint density at radius 2 is 1.82 bits per heavy atom. The highest BCUT2D eigenvalue weighted by Crippen LogP contribution is 2.32. The van der Waals surface area contributed by atoms with Crippen LogP contribution in [0, 0.1) is 12.7 Å². The summed E-state index contributed by atoms with van der Waals surface area (Å²) in [4.78, 5) is 0.0795. The number of halogens is 2. The third kappa shape index (κ3) is 3.15. The molecule has 7 heteroatoms. The van der Waals surface area contributed by atoms with Gasteiger partial charge in [-0.1, -0.05) is 6.07 Å². The van der Waals surface area contributed by atoms with Crippen LogP contribution in [0.4, 0.5) is 4.39 Å². The highest BCUT2D eigenvalue weighted by Gasteiger charge is 2.39. The van der Waals surface area contributed by atoms with E-state index in [0.29, 0.717) is 17.6 Å². The zero-order valence-electron chi connectivity index (χ0n) is 12.8. The van der Waals surface area contributed by atoms with E-state index in [-0.39, 0.29) is 23.3 Å². The maximum atomic E-state index is 13.4. The quantitative estimate of drug-likeness (QED) is 0.912. The van der Waals surface area contributed by atoms with Crippen molar-refractivity contribution >= 4 is 22.4 Å². The van der Waals surface area contributed by atoms with Crippen LogP contribution in [-0.2, 0) is 10.0 Å². The molecule has 0 radical (unpaired) electrons. The predicted octanol–water partition coefficient (Wildman–Crippen LogP) is 2.46. The van der Waals surface area contributed by atoms with Crippen LogP contribution in [0.1, 0.15) is 31.2 Å². The molecule has 124 valence electrons. The normalized spacial score (nSPS) is 27.7. The molecule has 1 aromatic carbocycles. The van der Waals surface area contributed by atoms with Crippen LogP contribution in [0.15, 0.2) is 23.1 Å². The third-order valence-corrected chi connectivity index (χ3v) is 6.82. The summed E-state index contributed by atoms with van der Waals surface area (Å²) in [5, 5.41) is 3.51. The lowest BCUT2D eigenvalue weighted by molar-refractivity contribution is 0.251. The van der Waals surface area contributed by atoms with Crippen LogP contribution in [0.3, 0.4) is 0 Å². The maximum absolute atomic E-state index is 13.4.